The third-order valence-corrected chi connectivity index (χ3v) is 2.33. The van der Waals surface area contributed by atoms with Crippen LogP contribution in [0.4, 0.5) is 10.3 Å². The predicted octanol–water partition coefficient (Wildman–Crippen LogP) is 2.70. The van der Waals surface area contributed by atoms with E-state index < -0.39 is 5.82 Å². The molecule has 2 N–H and O–H groups in total. The van der Waals surface area contributed by atoms with Crippen LogP contribution in [-0.2, 0) is 0 Å². The second kappa shape index (κ2) is 3.94. The molecule has 2 aromatic rings. The summed E-state index contributed by atoms with van der Waals surface area (Å²) in [5.41, 5.74) is 5.82. The van der Waals surface area contributed by atoms with Gasteiger partial charge in [-0.2, -0.15) is 10.2 Å². The highest BCUT2D eigenvalue weighted by Crippen LogP contribution is 2.26. The van der Waals surface area contributed by atoms with Crippen molar-refractivity contribution in [3.05, 3.63) is 34.2 Å². The maximum Gasteiger partial charge on any atom is 0.230 e. The summed E-state index contributed by atoms with van der Waals surface area (Å²) in [7, 11) is 0. The van der Waals surface area contributed by atoms with Gasteiger partial charge in [0, 0.05) is 10.0 Å². The van der Waals surface area contributed by atoms with Crippen LogP contribution in [0.1, 0.15) is 5.69 Å². The van der Waals surface area contributed by atoms with Gasteiger partial charge in [0.1, 0.15) is 11.9 Å². The number of hydrogen-bond acceptors (Lipinski definition) is 4. The van der Waals surface area contributed by atoms with Crippen LogP contribution in [0, 0.1) is 17.1 Å². The van der Waals surface area contributed by atoms with Gasteiger partial charge in [-0.3, -0.25) is 0 Å². The molecule has 1 heterocycles. The first-order chi connectivity index (χ1) is 7.60. The van der Waals surface area contributed by atoms with Crippen molar-refractivity contribution in [3.8, 4) is 17.5 Å². The molecule has 0 amide bonds. The Kier molecular flexibility index (Phi) is 2.62. The highest BCUT2D eigenvalue weighted by Gasteiger charge is 2.12. The molecule has 1 aromatic heterocycles. The van der Waals surface area contributed by atoms with E-state index in [1.807, 2.05) is 0 Å². The molecule has 0 bridgehead atoms. The van der Waals surface area contributed by atoms with E-state index >= 15 is 0 Å². The third kappa shape index (κ3) is 1.90. The van der Waals surface area contributed by atoms with Crippen LogP contribution in [0.3, 0.4) is 0 Å². The predicted molar refractivity (Wildman–Crippen MR) is 58.7 cm³/mol. The van der Waals surface area contributed by atoms with Gasteiger partial charge in [0.15, 0.2) is 0 Å². The monoisotopic (exact) mass is 281 g/mol. The third-order valence-electron chi connectivity index (χ3n) is 1.87. The van der Waals surface area contributed by atoms with E-state index in [0.29, 0.717) is 10.0 Å². The van der Waals surface area contributed by atoms with E-state index in [9.17, 15) is 4.39 Å². The highest BCUT2D eigenvalue weighted by molar-refractivity contribution is 9.10. The van der Waals surface area contributed by atoms with Crippen molar-refractivity contribution in [2.75, 3.05) is 5.73 Å². The summed E-state index contributed by atoms with van der Waals surface area (Å²) < 4.78 is 18.7. The van der Waals surface area contributed by atoms with Gasteiger partial charge in [-0.15, -0.1) is 0 Å². The largest absolute Gasteiger partial charge is 0.419 e. The summed E-state index contributed by atoms with van der Waals surface area (Å²) in [6.07, 6.45) is 0. The Hall–Kier alpha value is -1.87. The van der Waals surface area contributed by atoms with Crippen LogP contribution in [0.25, 0.3) is 11.5 Å². The number of rotatable bonds is 1. The van der Waals surface area contributed by atoms with Crippen LogP contribution < -0.4 is 5.73 Å². The zero-order valence-corrected chi connectivity index (χ0v) is 9.45. The molecule has 0 aliphatic carbocycles. The minimum atomic E-state index is -0.431. The van der Waals surface area contributed by atoms with Gasteiger partial charge in [-0.25, -0.2) is 4.39 Å². The summed E-state index contributed by atoms with van der Waals surface area (Å²) in [5, 5.41) is 8.65. The van der Waals surface area contributed by atoms with Crippen LogP contribution in [0.2, 0.25) is 0 Å². The zero-order chi connectivity index (χ0) is 11.7. The van der Waals surface area contributed by atoms with E-state index in [4.69, 9.17) is 15.4 Å². The van der Waals surface area contributed by atoms with E-state index in [1.165, 1.54) is 12.1 Å². The minimum Gasteiger partial charge on any atom is -0.419 e. The smallest absolute Gasteiger partial charge is 0.230 e. The Labute approximate surface area is 98.6 Å². The molecule has 1 aromatic carbocycles. The van der Waals surface area contributed by atoms with Gasteiger partial charge >= 0.3 is 0 Å². The number of aromatic nitrogens is 1. The number of benzene rings is 1. The normalized spacial score (nSPS) is 10.1. The molecular formula is C10H5BrFN3O. The van der Waals surface area contributed by atoms with Gasteiger partial charge < -0.3 is 10.2 Å². The van der Waals surface area contributed by atoms with E-state index in [2.05, 4.69) is 20.9 Å². The fraction of sp³-hybridized carbons (Fsp3) is 0. The first-order valence-corrected chi connectivity index (χ1v) is 5.02. The molecule has 0 fully saturated rings. The van der Waals surface area contributed by atoms with Crippen molar-refractivity contribution >= 4 is 21.8 Å². The first kappa shape index (κ1) is 10.6. The fourth-order valence-electron chi connectivity index (χ4n) is 1.21. The zero-order valence-electron chi connectivity index (χ0n) is 7.87. The lowest BCUT2D eigenvalue weighted by atomic mass is 10.2. The summed E-state index contributed by atoms with van der Waals surface area (Å²) >= 11 is 3.15. The van der Waals surface area contributed by atoms with E-state index in [-0.39, 0.29) is 17.5 Å². The lowest BCUT2D eigenvalue weighted by Gasteiger charge is -1.97. The van der Waals surface area contributed by atoms with Crippen molar-refractivity contribution in [1.29, 1.82) is 5.26 Å². The maximum absolute atomic E-state index is 13.1. The minimum absolute atomic E-state index is 0.00427. The van der Waals surface area contributed by atoms with Gasteiger partial charge in [-0.1, -0.05) is 15.9 Å². The average molecular weight is 282 g/mol. The topological polar surface area (TPSA) is 75.8 Å². The number of nitrogens with zero attached hydrogens (tertiary/aromatic N) is 2. The maximum atomic E-state index is 13.1. The molecule has 4 nitrogen and oxygen atoms in total. The molecule has 0 spiro atoms. The van der Waals surface area contributed by atoms with Gasteiger partial charge in [0.05, 0.1) is 0 Å². The number of halogens is 2. The lowest BCUT2D eigenvalue weighted by molar-refractivity contribution is 0.590. The molecule has 2 rings (SSSR count). The van der Waals surface area contributed by atoms with Crippen LogP contribution in [0.5, 0.6) is 0 Å². The van der Waals surface area contributed by atoms with Crippen molar-refractivity contribution in [3.63, 3.8) is 0 Å². The van der Waals surface area contributed by atoms with Crippen molar-refractivity contribution in [2.45, 2.75) is 0 Å². The van der Waals surface area contributed by atoms with Crippen molar-refractivity contribution in [1.82, 2.24) is 4.98 Å². The van der Waals surface area contributed by atoms with E-state index in [1.54, 1.807) is 12.1 Å². The molecule has 0 radical (unpaired) electrons. The molecule has 0 unspecified atom stereocenters. The quantitative estimate of drug-likeness (QED) is 0.872. The van der Waals surface area contributed by atoms with Gasteiger partial charge in [0.25, 0.3) is 0 Å². The number of oxazole rings is 1. The molecular weight excluding hydrogens is 277 g/mol. The molecule has 16 heavy (non-hydrogen) atoms. The van der Waals surface area contributed by atoms with Gasteiger partial charge in [0.2, 0.25) is 17.5 Å². The summed E-state index contributed by atoms with van der Waals surface area (Å²) in [6, 6.07) is 5.95. The standard InChI is InChI=1S/C10H5BrFN3O/c11-6-1-5(2-7(12)3-6)10-15-8(4-13)9(14)16-10/h1-3H,14H2. The second-order valence-corrected chi connectivity index (χ2v) is 3.92. The molecule has 0 atom stereocenters. The number of nitriles is 1. The Morgan fingerprint density at radius 1 is 1.44 bits per heavy atom. The summed E-state index contributed by atoms with van der Waals surface area (Å²) in [4.78, 5) is 3.84. The molecule has 0 aliphatic rings. The van der Waals surface area contributed by atoms with Crippen LogP contribution in [0.15, 0.2) is 27.1 Å². The number of anilines is 1. The van der Waals surface area contributed by atoms with Crippen LogP contribution >= 0.6 is 15.9 Å². The molecule has 0 aliphatic heterocycles. The Balaban J connectivity index is 2.55. The van der Waals surface area contributed by atoms with Gasteiger partial charge in [-0.05, 0) is 18.2 Å². The number of nitrogens with two attached hydrogens (primary N) is 1. The van der Waals surface area contributed by atoms with Crippen LogP contribution in [-0.4, -0.2) is 4.98 Å². The van der Waals surface area contributed by atoms with Crippen molar-refractivity contribution in [2.24, 2.45) is 0 Å². The number of nitrogen functional groups attached to an aromatic ring is 1. The summed E-state index contributed by atoms with van der Waals surface area (Å²) in [5.74, 6) is -0.383. The number of hydrogen-bond donors (Lipinski definition) is 1. The molecule has 0 saturated heterocycles. The Bertz CT molecular complexity index is 568. The molecule has 80 valence electrons. The second-order valence-electron chi connectivity index (χ2n) is 3.00. The fourth-order valence-corrected chi connectivity index (χ4v) is 1.68. The Morgan fingerprint density at radius 3 is 2.75 bits per heavy atom. The molecule has 6 heteroatoms. The highest BCUT2D eigenvalue weighted by atomic mass is 79.9. The molecule has 0 saturated carbocycles. The first-order valence-electron chi connectivity index (χ1n) is 4.23. The van der Waals surface area contributed by atoms with E-state index in [0.717, 1.165) is 0 Å². The lowest BCUT2D eigenvalue weighted by Crippen LogP contribution is -1.84. The Morgan fingerprint density at radius 2 is 2.19 bits per heavy atom. The summed E-state index contributed by atoms with van der Waals surface area (Å²) in [6.45, 7) is 0. The average Bonchev–Trinajstić information content (AvgIpc) is 2.58. The SMILES string of the molecule is N#Cc1nc(-c2cc(F)cc(Br)c2)oc1N. The van der Waals surface area contributed by atoms with Crippen molar-refractivity contribution < 1.29 is 8.81 Å².